The maximum atomic E-state index is 11.8. The Morgan fingerprint density at radius 1 is 0.811 bits per heavy atom. The van der Waals surface area contributed by atoms with E-state index in [0.29, 0.717) is 0 Å². The monoisotopic (exact) mass is 547 g/mol. The van der Waals surface area contributed by atoms with Crippen LogP contribution in [0.3, 0.4) is 0 Å². The van der Waals surface area contributed by atoms with Crippen LogP contribution in [-0.2, 0) is 23.7 Å². The van der Waals surface area contributed by atoms with E-state index < -0.39 is 118 Å². The van der Waals surface area contributed by atoms with Crippen LogP contribution in [0.15, 0.2) is 0 Å². The molecule has 0 aromatic rings. The minimum atomic E-state index is -1.97. The molecule has 14 atom stereocenters. The van der Waals surface area contributed by atoms with Gasteiger partial charge in [0, 0.05) is 6.92 Å². The Morgan fingerprint density at radius 2 is 1.38 bits per heavy atom. The lowest BCUT2D eigenvalue weighted by atomic mass is 9.95. The molecule has 17 nitrogen and oxygen atoms in total. The summed E-state index contributed by atoms with van der Waals surface area (Å²) in [4.78, 5) is 11.8. The minimum Gasteiger partial charge on any atom is -0.394 e. The molecule has 0 bridgehead atoms. The van der Waals surface area contributed by atoms with Crippen molar-refractivity contribution in [3.63, 3.8) is 0 Å². The summed E-state index contributed by atoms with van der Waals surface area (Å²) in [6.45, 7) is -2.47. The van der Waals surface area contributed by atoms with Gasteiger partial charge in [-0.15, -0.1) is 0 Å². The molecule has 1 amide bonds. The largest absolute Gasteiger partial charge is 0.394 e. The number of aliphatic hydroxyl groups excluding tert-OH is 11. The highest BCUT2D eigenvalue weighted by molar-refractivity contribution is 5.73. The van der Waals surface area contributed by atoms with Gasteiger partial charge in [-0.25, -0.2) is 0 Å². The van der Waals surface area contributed by atoms with Gasteiger partial charge in [-0.3, -0.25) is 4.79 Å². The molecule has 2 fully saturated rings. The first-order chi connectivity index (χ1) is 17.4. The van der Waals surface area contributed by atoms with Crippen molar-refractivity contribution in [2.24, 2.45) is 0 Å². The fourth-order valence-corrected chi connectivity index (χ4v) is 4.06. The molecule has 0 aromatic heterocycles. The summed E-state index contributed by atoms with van der Waals surface area (Å²) >= 11 is 0. The molecule has 0 aromatic carbocycles. The van der Waals surface area contributed by atoms with Crippen LogP contribution < -0.4 is 5.32 Å². The van der Waals surface area contributed by atoms with E-state index in [4.69, 9.17) is 24.1 Å². The van der Waals surface area contributed by atoms with Gasteiger partial charge in [-0.05, 0) is 0 Å². The Kier molecular flexibility index (Phi) is 12.4. The second-order valence-electron chi connectivity index (χ2n) is 8.83. The molecule has 2 rings (SSSR count). The van der Waals surface area contributed by atoms with E-state index in [1.165, 1.54) is 0 Å². The van der Waals surface area contributed by atoms with Gasteiger partial charge in [0.25, 0.3) is 0 Å². The molecule has 0 radical (unpaired) electrons. The lowest BCUT2D eigenvalue weighted by molar-refractivity contribution is -0.355. The Balaban J connectivity index is 2.32. The van der Waals surface area contributed by atoms with Gasteiger partial charge in [0.2, 0.25) is 5.91 Å². The number of aliphatic hydroxyl groups is 11. The molecule has 2 aliphatic heterocycles. The number of amides is 1. The summed E-state index contributed by atoms with van der Waals surface area (Å²) in [7, 11) is 0. The number of ether oxygens (including phenoxy) is 4. The molecule has 2 heterocycles. The van der Waals surface area contributed by atoms with Crippen molar-refractivity contribution in [1.29, 1.82) is 0 Å². The first-order valence-corrected chi connectivity index (χ1v) is 11.5. The maximum Gasteiger partial charge on any atom is 0.217 e. The van der Waals surface area contributed by atoms with E-state index >= 15 is 0 Å². The van der Waals surface area contributed by atoms with Crippen LogP contribution in [0.4, 0.5) is 0 Å². The minimum absolute atomic E-state index is 0.717. The highest BCUT2D eigenvalue weighted by atomic mass is 16.7. The van der Waals surface area contributed by atoms with E-state index in [1.807, 2.05) is 0 Å². The summed E-state index contributed by atoms with van der Waals surface area (Å²) in [6.07, 6.45) is -22.5. The second kappa shape index (κ2) is 14.3. The van der Waals surface area contributed by atoms with Crippen LogP contribution >= 0.6 is 0 Å². The standard InChI is InChI=1S/C20H37NO16/c1-6(26)21-11-14(31)18(37-20-16(33)15(32)13(30)9(4-24)34-20)10(5-25)35-19(11)36-17(8(28)3-23)12(29)7(27)2-22/h7-20,22-25,27-33H,2-5H2,1H3,(H,21,26)/t7-,8+,9-,10-,11-,12+,13+,14-,15+,16-,17-,18-,19+,20+/m1/s1. The number of hydrogen-bond donors (Lipinski definition) is 12. The highest BCUT2D eigenvalue weighted by Crippen LogP contribution is 2.30. The SMILES string of the molecule is CC(=O)N[C@H]1[C@H](O[C@@H]([C@@H](O)[C@H](O)CO)[C@@H](O)CO)O[C@H](CO)[C@@H](O[C@@H]2O[C@H](CO)[C@H](O)[C@H](O)[C@H]2O)[C@@H]1O. The van der Waals surface area contributed by atoms with Crippen molar-refractivity contribution in [3.05, 3.63) is 0 Å². The number of hydrogen-bond acceptors (Lipinski definition) is 16. The third-order valence-corrected chi connectivity index (χ3v) is 6.14. The van der Waals surface area contributed by atoms with Gasteiger partial charge in [0.05, 0.1) is 26.4 Å². The second-order valence-corrected chi connectivity index (χ2v) is 8.83. The summed E-state index contributed by atoms with van der Waals surface area (Å²) in [6, 6.07) is -1.54. The van der Waals surface area contributed by atoms with Gasteiger partial charge in [-0.1, -0.05) is 0 Å². The van der Waals surface area contributed by atoms with Gasteiger partial charge < -0.3 is 80.4 Å². The molecule has 37 heavy (non-hydrogen) atoms. The van der Waals surface area contributed by atoms with Crippen molar-refractivity contribution in [3.8, 4) is 0 Å². The van der Waals surface area contributed by atoms with Crippen molar-refractivity contribution in [2.45, 2.75) is 92.7 Å². The van der Waals surface area contributed by atoms with Crippen LogP contribution in [0.5, 0.6) is 0 Å². The van der Waals surface area contributed by atoms with Gasteiger partial charge in [0.15, 0.2) is 12.6 Å². The molecule has 0 aliphatic carbocycles. The number of carbonyl (C=O) groups excluding carboxylic acids is 1. The van der Waals surface area contributed by atoms with Gasteiger partial charge >= 0.3 is 0 Å². The fourth-order valence-electron chi connectivity index (χ4n) is 4.06. The Labute approximate surface area is 211 Å². The quantitative estimate of drug-likeness (QED) is 0.108. The first kappa shape index (κ1) is 32.1. The third kappa shape index (κ3) is 7.50. The Hall–Kier alpha value is -1.13. The summed E-state index contributed by atoms with van der Waals surface area (Å²) in [5, 5.41) is 111. The maximum absolute atomic E-state index is 11.8. The lowest BCUT2D eigenvalue weighted by Crippen LogP contribution is -2.68. The smallest absolute Gasteiger partial charge is 0.217 e. The van der Waals surface area contributed by atoms with Crippen LogP contribution in [0.25, 0.3) is 0 Å². The number of rotatable bonds is 12. The van der Waals surface area contributed by atoms with Crippen molar-refractivity contribution < 1.29 is 79.9 Å². The van der Waals surface area contributed by atoms with Gasteiger partial charge in [0.1, 0.15) is 73.2 Å². The molecule has 17 heteroatoms. The number of nitrogens with one attached hydrogen (secondary N) is 1. The molecular formula is C20H37NO16. The average molecular weight is 548 g/mol. The van der Waals surface area contributed by atoms with Crippen molar-refractivity contribution in [1.82, 2.24) is 5.32 Å². The first-order valence-electron chi connectivity index (χ1n) is 11.5. The van der Waals surface area contributed by atoms with E-state index in [-0.39, 0.29) is 0 Å². The summed E-state index contributed by atoms with van der Waals surface area (Å²) in [5.74, 6) is -0.717. The average Bonchev–Trinajstić information content (AvgIpc) is 2.88. The van der Waals surface area contributed by atoms with E-state index in [9.17, 15) is 55.9 Å². The lowest BCUT2D eigenvalue weighted by Gasteiger charge is -2.48. The molecule has 12 N–H and O–H groups in total. The highest BCUT2D eigenvalue weighted by Gasteiger charge is 2.52. The molecular weight excluding hydrogens is 510 g/mol. The molecule has 0 unspecified atom stereocenters. The normalized spacial score (nSPS) is 40.0. The molecule has 2 saturated heterocycles. The zero-order chi connectivity index (χ0) is 28.0. The summed E-state index contributed by atoms with van der Waals surface area (Å²) < 4.78 is 21.9. The van der Waals surface area contributed by atoms with Crippen LogP contribution in [0.2, 0.25) is 0 Å². The molecule has 0 saturated carbocycles. The summed E-state index contributed by atoms with van der Waals surface area (Å²) in [5.41, 5.74) is 0. The van der Waals surface area contributed by atoms with Gasteiger partial charge in [-0.2, -0.15) is 0 Å². The molecule has 0 spiro atoms. The Morgan fingerprint density at radius 3 is 1.89 bits per heavy atom. The van der Waals surface area contributed by atoms with Crippen LogP contribution in [0.1, 0.15) is 6.92 Å². The van der Waals surface area contributed by atoms with Crippen molar-refractivity contribution >= 4 is 5.91 Å². The topological polar surface area (TPSA) is 289 Å². The zero-order valence-corrected chi connectivity index (χ0v) is 19.9. The number of carbonyl (C=O) groups is 1. The molecule has 2 aliphatic rings. The van der Waals surface area contributed by atoms with Crippen LogP contribution in [0, 0.1) is 0 Å². The van der Waals surface area contributed by atoms with E-state index in [1.54, 1.807) is 0 Å². The van der Waals surface area contributed by atoms with E-state index in [2.05, 4.69) is 5.32 Å². The predicted molar refractivity (Wildman–Crippen MR) is 115 cm³/mol. The zero-order valence-electron chi connectivity index (χ0n) is 19.9. The third-order valence-electron chi connectivity index (χ3n) is 6.14. The predicted octanol–water partition coefficient (Wildman–Crippen LogP) is -7.79. The van der Waals surface area contributed by atoms with Crippen LogP contribution in [-0.4, -0.2) is 174 Å². The fraction of sp³-hybridized carbons (Fsp3) is 0.950. The van der Waals surface area contributed by atoms with E-state index in [0.717, 1.165) is 6.92 Å². The molecule has 218 valence electrons. The Bertz CT molecular complexity index is 701. The van der Waals surface area contributed by atoms with Crippen molar-refractivity contribution in [2.75, 3.05) is 26.4 Å².